The monoisotopic (exact) mass is 308 g/mol. The highest BCUT2D eigenvalue weighted by Gasteiger charge is 2.22. The maximum atomic E-state index is 12.1. The van der Waals surface area contributed by atoms with E-state index < -0.39 is 7.60 Å². The summed E-state index contributed by atoms with van der Waals surface area (Å²) in [5, 5.41) is 0. The van der Waals surface area contributed by atoms with Gasteiger partial charge < -0.3 is 23.3 Å². The van der Waals surface area contributed by atoms with Gasteiger partial charge in [0.05, 0.1) is 52.4 Å². The molecule has 118 valence electrons. The predicted octanol–water partition coefficient (Wildman–Crippen LogP) is 1.94. The molecule has 0 atom stereocenters. The molecule has 0 aromatic rings. The smallest absolute Gasteiger partial charge is 0.332 e. The molecule has 6 nitrogen and oxygen atoms in total. The van der Waals surface area contributed by atoms with Gasteiger partial charge in [0.1, 0.15) is 6.61 Å². The zero-order chi connectivity index (χ0) is 15.1. The Morgan fingerprint density at radius 1 is 0.900 bits per heavy atom. The van der Waals surface area contributed by atoms with Gasteiger partial charge in [-0.3, -0.25) is 4.57 Å². The first-order chi connectivity index (χ1) is 9.68. The molecule has 0 aromatic heterocycles. The fourth-order valence-corrected chi connectivity index (χ4v) is 2.78. The van der Waals surface area contributed by atoms with Crippen molar-refractivity contribution in [1.82, 2.24) is 0 Å². The van der Waals surface area contributed by atoms with Crippen molar-refractivity contribution in [1.29, 1.82) is 0 Å². The Morgan fingerprint density at radius 2 is 1.40 bits per heavy atom. The number of terminal acetylenes is 1. The summed E-state index contributed by atoms with van der Waals surface area (Å²) in [6, 6.07) is 0. The zero-order valence-corrected chi connectivity index (χ0v) is 13.2. The fourth-order valence-electron chi connectivity index (χ4n) is 1.31. The van der Waals surface area contributed by atoms with Crippen LogP contribution in [0, 0.1) is 12.3 Å². The molecule has 7 heteroatoms. The van der Waals surface area contributed by atoms with Gasteiger partial charge in [-0.25, -0.2) is 0 Å². The fraction of sp³-hybridized carbons (Fsp3) is 0.846. The van der Waals surface area contributed by atoms with Crippen LogP contribution in [0.2, 0.25) is 0 Å². The molecule has 0 spiro atoms. The Hall–Kier alpha value is -0.410. The predicted molar refractivity (Wildman–Crippen MR) is 77.0 cm³/mol. The summed E-state index contributed by atoms with van der Waals surface area (Å²) >= 11 is 0. The summed E-state index contributed by atoms with van der Waals surface area (Å²) in [6.45, 7) is 6.70. The molecular formula is C13H25O6P. The van der Waals surface area contributed by atoms with E-state index in [-0.39, 0.29) is 6.16 Å². The van der Waals surface area contributed by atoms with Gasteiger partial charge in [0.25, 0.3) is 0 Å². The van der Waals surface area contributed by atoms with E-state index in [0.717, 1.165) is 0 Å². The van der Waals surface area contributed by atoms with Crippen molar-refractivity contribution in [2.45, 2.75) is 13.8 Å². The molecule has 0 radical (unpaired) electrons. The van der Waals surface area contributed by atoms with Crippen LogP contribution in [0.5, 0.6) is 0 Å². The largest absolute Gasteiger partial charge is 0.378 e. The molecule has 0 heterocycles. The van der Waals surface area contributed by atoms with Crippen molar-refractivity contribution in [3.05, 3.63) is 0 Å². The summed E-state index contributed by atoms with van der Waals surface area (Å²) in [4.78, 5) is 0. The molecule has 0 bridgehead atoms. The molecule has 0 N–H and O–H groups in total. The second-order valence-corrected chi connectivity index (χ2v) is 5.84. The van der Waals surface area contributed by atoms with Gasteiger partial charge in [0.15, 0.2) is 0 Å². The Bertz CT molecular complexity index is 292. The van der Waals surface area contributed by atoms with Gasteiger partial charge in [-0.1, -0.05) is 5.92 Å². The zero-order valence-electron chi connectivity index (χ0n) is 12.3. The SMILES string of the molecule is C#CCOCCOCCOCCP(=O)(OCC)OCC. The van der Waals surface area contributed by atoms with Crippen LogP contribution in [-0.2, 0) is 27.8 Å². The molecule has 0 saturated heterocycles. The lowest BCUT2D eigenvalue weighted by atomic mass is 10.7. The average molecular weight is 308 g/mol. The van der Waals surface area contributed by atoms with Crippen molar-refractivity contribution >= 4 is 7.60 Å². The first-order valence-electron chi connectivity index (χ1n) is 6.73. The summed E-state index contributed by atoms with van der Waals surface area (Å²) in [5.74, 6) is 2.37. The molecule has 0 amide bonds. The molecule has 0 aliphatic heterocycles. The Morgan fingerprint density at radius 3 is 1.90 bits per heavy atom. The standard InChI is InChI=1S/C13H25O6P/c1-4-7-15-8-9-16-10-11-17-12-13-20(14,18-5-2)19-6-3/h1H,5-13H2,2-3H3. The second-order valence-electron chi connectivity index (χ2n) is 3.65. The van der Waals surface area contributed by atoms with Crippen LogP contribution in [0.1, 0.15) is 13.8 Å². The molecular weight excluding hydrogens is 283 g/mol. The minimum absolute atomic E-state index is 0.250. The van der Waals surface area contributed by atoms with Gasteiger partial charge in [0, 0.05) is 0 Å². The molecule has 0 aliphatic rings. The van der Waals surface area contributed by atoms with Gasteiger partial charge >= 0.3 is 7.60 Å². The minimum atomic E-state index is -3.00. The van der Waals surface area contributed by atoms with Gasteiger partial charge in [-0.2, -0.15) is 0 Å². The van der Waals surface area contributed by atoms with E-state index in [4.69, 9.17) is 29.7 Å². The summed E-state index contributed by atoms with van der Waals surface area (Å²) in [6.07, 6.45) is 5.27. The highest BCUT2D eigenvalue weighted by Crippen LogP contribution is 2.47. The van der Waals surface area contributed by atoms with Crippen LogP contribution in [0.3, 0.4) is 0 Å². The van der Waals surface area contributed by atoms with E-state index in [2.05, 4.69) is 5.92 Å². The summed E-state index contributed by atoms with van der Waals surface area (Å²) in [5.41, 5.74) is 0. The van der Waals surface area contributed by atoms with Crippen LogP contribution in [0.4, 0.5) is 0 Å². The third-order valence-electron chi connectivity index (χ3n) is 2.09. The van der Waals surface area contributed by atoms with E-state index in [0.29, 0.717) is 52.9 Å². The lowest BCUT2D eigenvalue weighted by molar-refractivity contribution is 0.0227. The van der Waals surface area contributed by atoms with E-state index in [1.807, 2.05) is 0 Å². The minimum Gasteiger partial charge on any atom is -0.378 e. The van der Waals surface area contributed by atoms with E-state index in [1.165, 1.54) is 0 Å². The van der Waals surface area contributed by atoms with Crippen LogP contribution >= 0.6 is 7.60 Å². The maximum Gasteiger partial charge on any atom is 0.332 e. The van der Waals surface area contributed by atoms with Gasteiger partial charge in [-0.05, 0) is 13.8 Å². The third-order valence-corrected chi connectivity index (χ3v) is 4.12. The van der Waals surface area contributed by atoms with Gasteiger partial charge in [-0.15, -0.1) is 6.42 Å². The molecule has 0 aliphatic carbocycles. The van der Waals surface area contributed by atoms with E-state index >= 15 is 0 Å². The summed E-state index contributed by atoms with van der Waals surface area (Å²) in [7, 11) is -3.00. The van der Waals surface area contributed by atoms with Crippen molar-refractivity contribution in [3.8, 4) is 12.3 Å². The molecule has 0 rings (SSSR count). The highest BCUT2D eigenvalue weighted by molar-refractivity contribution is 7.53. The van der Waals surface area contributed by atoms with Crippen LogP contribution in [0.25, 0.3) is 0 Å². The van der Waals surface area contributed by atoms with E-state index in [9.17, 15) is 4.57 Å². The van der Waals surface area contributed by atoms with Crippen molar-refractivity contribution in [3.63, 3.8) is 0 Å². The topological polar surface area (TPSA) is 63.2 Å². The lowest BCUT2D eigenvalue weighted by Gasteiger charge is -2.16. The van der Waals surface area contributed by atoms with Crippen LogP contribution < -0.4 is 0 Å². The third kappa shape index (κ3) is 11.4. The molecule has 0 aromatic carbocycles. The maximum absolute atomic E-state index is 12.1. The highest BCUT2D eigenvalue weighted by atomic mass is 31.2. The second kappa shape index (κ2) is 13.6. The van der Waals surface area contributed by atoms with Crippen molar-refractivity contribution in [2.24, 2.45) is 0 Å². The Balaban J connectivity index is 3.46. The molecule has 0 unspecified atom stereocenters. The number of ether oxygens (including phenoxy) is 3. The number of hydrogen-bond donors (Lipinski definition) is 0. The Kier molecular flexibility index (Phi) is 13.3. The number of hydrogen-bond acceptors (Lipinski definition) is 6. The molecule has 0 saturated carbocycles. The first kappa shape index (κ1) is 19.6. The number of rotatable bonds is 14. The lowest BCUT2D eigenvalue weighted by Crippen LogP contribution is -2.12. The van der Waals surface area contributed by atoms with Crippen LogP contribution in [-0.4, -0.2) is 59.0 Å². The quantitative estimate of drug-likeness (QED) is 0.278. The molecule has 0 fully saturated rings. The average Bonchev–Trinajstić information content (AvgIpc) is 2.41. The van der Waals surface area contributed by atoms with Crippen LogP contribution in [0.15, 0.2) is 0 Å². The summed E-state index contributed by atoms with van der Waals surface area (Å²) < 4.78 is 38.0. The molecule has 20 heavy (non-hydrogen) atoms. The van der Waals surface area contributed by atoms with Gasteiger partial charge in [0.2, 0.25) is 0 Å². The Labute approximate surface area is 121 Å². The normalized spacial score (nSPS) is 11.4. The first-order valence-corrected chi connectivity index (χ1v) is 8.46. The van der Waals surface area contributed by atoms with E-state index in [1.54, 1.807) is 13.8 Å². The van der Waals surface area contributed by atoms with Crippen molar-refractivity contribution < 1.29 is 27.8 Å². The van der Waals surface area contributed by atoms with Crippen molar-refractivity contribution in [2.75, 3.05) is 59.0 Å².